The van der Waals surface area contributed by atoms with Gasteiger partial charge in [-0.05, 0) is 24.2 Å². The Morgan fingerprint density at radius 2 is 1.90 bits per heavy atom. The zero-order chi connectivity index (χ0) is 13.9. The van der Waals surface area contributed by atoms with Crippen molar-refractivity contribution in [2.75, 3.05) is 5.73 Å². The molecule has 0 fully saturated rings. The molecule has 0 radical (unpaired) electrons. The van der Waals surface area contributed by atoms with E-state index in [1.54, 1.807) is 12.4 Å². The molecule has 0 aliphatic carbocycles. The van der Waals surface area contributed by atoms with Gasteiger partial charge in [0.25, 0.3) is 5.95 Å². The maximum atomic E-state index is 5.67. The number of hydrogen-bond acceptors (Lipinski definition) is 9. The first-order chi connectivity index (χ1) is 9.70. The second kappa shape index (κ2) is 5.17. The fourth-order valence-electron chi connectivity index (χ4n) is 1.34. The lowest BCUT2D eigenvalue weighted by Crippen LogP contribution is -2.07. The van der Waals surface area contributed by atoms with Gasteiger partial charge in [-0.15, -0.1) is 0 Å². The fraction of sp³-hybridized carbons (Fsp3) is 0.100. The van der Waals surface area contributed by atoms with Crippen LogP contribution in [0.25, 0.3) is 5.95 Å². The molecule has 0 atom stereocenters. The van der Waals surface area contributed by atoms with E-state index in [0.717, 1.165) is 5.56 Å². The molecule has 3 rings (SSSR count). The predicted molar refractivity (Wildman–Crippen MR) is 70.0 cm³/mol. The minimum absolute atomic E-state index is 0.0973. The van der Waals surface area contributed by atoms with Crippen molar-refractivity contribution in [2.24, 2.45) is 0 Å². The topological polar surface area (TPSA) is 121 Å². The highest BCUT2D eigenvalue weighted by molar-refractivity contribution is 7.99. The summed E-state index contributed by atoms with van der Waals surface area (Å²) in [6.07, 6.45) is 6.30. The number of anilines is 1. The summed E-state index contributed by atoms with van der Waals surface area (Å²) in [5.41, 5.74) is 6.64. The molecule has 0 aromatic carbocycles. The van der Waals surface area contributed by atoms with Crippen molar-refractivity contribution >= 4 is 17.7 Å². The molecule has 100 valence electrons. The van der Waals surface area contributed by atoms with Gasteiger partial charge < -0.3 is 5.73 Å². The summed E-state index contributed by atoms with van der Waals surface area (Å²) in [6, 6.07) is 0. The van der Waals surface area contributed by atoms with E-state index in [-0.39, 0.29) is 5.95 Å². The van der Waals surface area contributed by atoms with E-state index in [9.17, 15) is 0 Å². The molecule has 3 aromatic heterocycles. The summed E-state index contributed by atoms with van der Waals surface area (Å²) in [5.74, 6) is 0.393. The highest BCUT2D eigenvalue weighted by atomic mass is 32.2. The minimum Gasteiger partial charge on any atom is -0.368 e. The van der Waals surface area contributed by atoms with Gasteiger partial charge in [0.05, 0.1) is 0 Å². The second-order valence-corrected chi connectivity index (χ2v) is 4.70. The smallest absolute Gasteiger partial charge is 0.257 e. The Hall–Kier alpha value is -2.62. The van der Waals surface area contributed by atoms with Crippen LogP contribution in [0.1, 0.15) is 5.56 Å². The Bertz CT molecular complexity index is 710. The number of aromatic nitrogens is 8. The molecule has 10 heteroatoms. The average molecular weight is 287 g/mol. The summed E-state index contributed by atoms with van der Waals surface area (Å²) in [7, 11) is 0. The molecule has 3 aromatic rings. The van der Waals surface area contributed by atoms with Crippen molar-refractivity contribution in [2.45, 2.75) is 17.2 Å². The highest BCUT2D eigenvalue weighted by Crippen LogP contribution is 2.21. The van der Waals surface area contributed by atoms with Gasteiger partial charge in [0.2, 0.25) is 11.1 Å². The van der Waals surface area contributed by atoms with Gasteiger partial charge in [-0.1, -0.05) is 0 Å². The Kier molecular flexibility index (Phi) is 3.21. The van der Waals surface area contributed by atoms with Gasteiger partial charge >= 0.3 is 0 Å². The van der Waals surface area contributed by atoms with Crippen LogP contribution >= 0.6 is 11.8 Å². The SMILES string of the molecule is Cc1cnc(Sc2nc(N)nc(-n3cncn3)n2)nc1. The standard InChI is InChI=1S/C10H9N9S/c1-6-2-13-9(14-3-6)20-10-17-7(11)16-8(18-10)19-5-12-4-15-19/h2-5H,1H3,(H2,11,16,17,18). The van der Waals surface area contributed by atoms with Gasteiger partial charge in [0.15, 0.2) is 5.16 Å². The second-order valence-electron chi connectivity index (χ2n) is 3.76. The average Bonchev–Trinajstić information content (AvgIpc) is 2.95. The van der Waals surface area contributed by atoms with Gasteiger partial charge in [-0.25, -0.2) is 15.0 Å². The van der Waals surface area contributed by atoms with Crippen LogP contribution in [-0.2, 0) is 0 Å². The van der Waals surface area contributed by atoms with Crippen LogP contribution in [0.3, 0.4) is 0 Å². The minimum atomic E-state index is 0.0973. The molecular formula is C10H9N9S. The molecule has 0 bridgehead atoms. The normalized spacial score (nSPS) is 10.7. The Balaban J connectivity index is 1.92. The summed E-state index contributed by atoms with van der Waals surface area (Å²) in [5, 5.41) is 4.87. The monoisotopic (exact) mass is 287 g/mol. The van der Waals surface area contributed by atoms with Crippen molar-refractivity contribution in [3.05, 3.63) is 30.6 Å². The number of nitrogens with zero attached hydrogens (tertiary/aromatic N) is 8. The molecule has 0 saturated carbocycles. The van der Waals surface area contributed by atoms with Gasteiger partial charge in [-0.3, -0.25) is 0 Å². The first-order valence-electron chi connectivity index (χ1n) is 5.54. The van der Waals surface area contributed by atoms with Crippen LogP contribution in [0.2, 0.25) is 0 Å². The van der Waals surface area contributed by atoms with E-state index in [2.05, 4.69) is 35.0 Å². The summed E-state index contributed by atoms with van der Waals surface area (Å²) >= 11 is 1.20. The van der Waals surface area contributed by atoms with Gasteiger partial charge in [0, 0.05) is 12.4 Å². The van der Waals surface area contributed by atoms with E-state index < -0.39 is 0 Å². The lowest BCUT2D eigenvalue weighted by Gasteiger charge is -2.03. The third-order valence-electron chi connectivity index (χ3n) is 2.18. The number of nitrogens with two attached hydrogens (primary N) is 1. The molecule has 20 heavy (non-hydrogen) atoms. The number of rotatable bonds is 3. The molecule has 3 heterocycles. The first-order valence-corrected chi connectivity index (χ1v) is 6.35. The quantitative estimate of drug-likeness (QED) is 0.677. The number of hydrogen-bond donors (Lipinski definition) is 1. The van der Waals surface area contributed by atoms with Crippen molar-refractivity contribution in [3.8, 4) is 5.95 Å². The maximum Gasteiger partial charge on any atom is 0.257 e. The van der Waals surface area contributed by atoms with E-state index in [1.807, 2.05) is 6.92 Å². The van der Waals surface area contributed by atoms with Crippen molar-refractivity contribution < 1.29 is 0 Å². The number of nitrogen functional groups attached to an aromatic ring is 1. The largest absolute Gasteiger partial charge is 0.368 e. The van der Waals surface area contributed by atoms with Crippen LogP contribution in [0.5, 0.6) is 0 Å². The molecule has 0 amide bonds. The van der Waals surface area contributed by atoms with Gasteiger partial charge in [-0.2, -0.15) is 24.7 Å². The Morgan fingerprint density at radius 1 is 1.10 bits per heavy atom. The third-order valence-corrected chi connectivity index (χ3v) is 2.94. The molecule has 9 nitrogen and oxygen atoms in total. The number of aryl methyl sites for hydroxylation is 1. The van der Waals surface area contributed by atoms with E-state index in [4.69, 9.17) is 5.73 Å². The summed E-state index contributed by atoms with van der Waals surface area (Å²) < 4.78 is 1.40. The third kappa shape index (κ3) is 2.69. The Labute approximate surface area is 117 Å². The predicted octanol–water partition coefficient (Wildman–Crippen LogP) is 0.284. The lowest BCUT2D eigenvalue weighted by molar-refractivity contribution is 0.761. The van der Waals surface area contributed by atoms with E-state index in [0.29, 0.717) is 16.3 Å². The Morgan fingerprint density at radius 3 is 2.60 bits per heavy atom. The first kappa shape index (κ1) is 12.4. The van der Waals surface area contributed by atoms with Crippen molar-refractivity contribution in [3.63, 3.8) is 0 Å². The molecule has 0 saturated heterocycles. The van der Waals surface area contributed by atoms with Crippen LogP contribution in [0.4, 0.5) is 5.95 Å². The molecule has 0 aliphatic heterocycles. The van der Waals surface area contributed by atoms with Crippen molar-refractivity contribution in [1.82, 2.24) is 39.7 Å². The lowest BCUT2D eigenvalue weighted by atomic mass is 10.4. The van der Waals surface area contributed by atoms with Crippen molar-refractivity contribution in [1.29, 1.82) is 0 Å². The zero-order valence-corrected chi connectivity index (χ0v) is 11.2. The zero-order valence-electron chi connectivity index (χ0n) is 10.4. The molecule has 0 aliphatic rings. The molecule has 0 unspecified atom stereocenters. The van der Waals surface area contributed by atoms with E-state index >= 15 is 0 Å². The van der Waals surface area contributed by atoms with Crippen LogP contribution in [0, 0.1) is 6.92 Å². The van der Waals surface area contributed by atoms with E-state index in [1.165, 1.54) is 29.1 Å². The van der Waals surface area contributed by atoms with Crippen LogP contribution < -0.4 is 5.73 Å². The highest BCUT2D eigenvalue weighted by Gasteiger charge is 2.09. The summed E-state index contributed by atoms with van der Waals surface area (Å²) in [6.45, 7) is 1.91. The fourth-order valence-corrected chi connectivity index (χ4v) is 1.98. The molecule has 2 N–H and O–H groups in total. The summed E-state index contributed by atoms with van der Waals surface area (Å²) in [4.78, 5) is 24.4. The molecule has 0 spiro atoms. The maximum absolute atomic E-state index is 5.67. The van der Waals surface area contributed by atoms with Crippen LogP contribution in [-0.4, -0.2) is 39.7 Å². The molecular weight excluding hydrogens is 278 g/mol. The van der Waals surface area contributed by atoms with Gasteiger partial charge in [0.1, 0.15) is 12.7 Å². The van der Waals surface area contributed by atoms with Crippen LogP contribution in [0.15, 0.2) is 35.4 Å².